The first-order chi connectivity index (χ1) is 15.1. The number of furan rings is 1. The Kier molecular flexibility index (Phi) is 5.76. The van der Waals surface area contributed by atoms with Crippen LogP contribution in [0.4, 0.5) is 0 Å². The van der Waals surface area contributed by atoms with Crippen molar-refractivity contribution < 1.29 is 22.4 Å². The zero-order chi connectivity index (χ0) is 23.2. The van der Waals surface area contributed by atoms with Crippen molar-refractivity contribution in [3.05, 3.63) is 62.9 Å². The molecule has 10 heteroatoms. The van der Waals surface area contributed by atoms with Crippen LogP contribution in [0, 0.1) is 11.3 Å². The van der Waals surface area contributed by atoms with E-state index in [2.05, 4.69) is 0 Å². The molecule has 7 nitrogen and oxygen atoms in total. The molecule has 164 valence electrons. The molecule has 0 spiro atoms. The highest BCUT2D eigenvalue weighted by Gasteiger charge is 2.43. The molecule has 3 heterocycles. The summed E-state index contributed by atoms with van der Waals surface area (Å²) in [5.74, 6) is -1.10. The number of benzene rings is 1. The number of sulfone groups is 1. The number of halogens is 2. The van der Waals surface area contributed by atoms with Gasteiger partial charge in [-0.05, 0) is 55.3 Å². The quantitative estimate of drug-likeness (QED) is 0.474. The van der Waals surface area contributed by atoms with Crippen molar-refractivity contribution in [2.75, 3.05) is 11.5 Å². The van der Waals surface area contributed by atoms with Crippen LogP contribution in [-0.4, -0.2) is 42.7 Å². The van der Waals surface area contributed by atoms with Crippen LogP contribution in [0.5, 0.6) is 0 Å². The first-order valence-electron chi connectivity index (χ1n) is 9.58. The summed E-state index contributed by atoms with van der Waals surface area (Å²) in [6.07, 6.45) is 1.58. The fourth-order valence-corrected chi connectivity index (χ4v) is 6.02. The van der Waals surface area contributed by atoms with Gasteiger partial charge in [-0.1, -0.05) is 23.2 Å². The molecule has 0 radical (unpaired) electrons. The van der Waals surface area contributed by atoms with Crippen molar-refractivity contribution >= 4 is 50.9 Å². The fraction of sp³-hybridized carbons (Fsp3) is 0.227. The molecule has 2 amide bonds. The van der Waals surface area contributed by atoms with Crippen molar-refractivity contribution in [1.82, 2.24) is 4.90 Å². The summed E-state index contributed by atoms with van der Waals surface area (Å²) in [5, 5.41) is 10.4. The van der Waals surface area contributed by atoms with Crippen molar-refractivity contribution in [3.63, 3.8) is 0 Å². The van der Waals surface area contributed by atoms with E-state index in [1.807, 2.05) is 6.07 Å². The number of rotatable bonds is 3. The lowest BCUT2D eigenvalue weighted by Crippen LogP contribution is -2.49. The number of nitrogens with zero attached hydrogens (tertiary/aromatic N) is 2. The van der Waals surface area contributed by atoms with Gasteiger partial charge in [0, 0.05) is 16.2 Å². The topological polar surface area (TPSA) is 108 Å². The Morgan fingerprint density at radius 2 is 1.94 bits per heavy atom. The van der Waals surface area contributed by atoms with Gasteiger partial charge in [0.05, 0.1) is 22.6 Å². The molecule has 0 aliphatic carbocycles. The van der Waals surface area contributed by atoms with Gasteiger partial charge >= 0.3 is 0 Å². The number of amides is 2. The molecule has 0 unspecified atom stereocenters. The minimum absolute atomic E-state index is 0.0913. The van der Waals surface area contributed by atoms with Crippen LogP contribution >= 0.6 is 23.2 Å². The summed E-state index contributed by atoms with van der Waals surface area (Å²) in [7, 11) is -3.35. The van der Waals surface area contributed by atoms with E-state index in [1.54, 1.807) is 30.3 Å². The van der Waals surface area contributed by atoms with E-state index in [0.717, 1.165) is 4.90 Å². The van der Waals surface area contributed by atoms with Gasteiger partial charge in [0.15, 0.2) is 9.84 Å². The minimum atomic E-state index is -3.35. The summed E-state index contributed by atoms with van der Waals surface area (Å²) >= 11 is 12.2. The van der Waals surface area contributed by atoms with Crippen molar-refractivity contribution in [2.45, 2.75) is 19.4 Å². The number of hydrogen-bond acceptors (Lipinski definition) is 6. The van der Waals surface area contributed by atoms with Crippen LogP contribution in [0.25, 0.3) is 17.4 Å². The van der Waals surface area contributed by atoms with Gasteiger partial charge in [0.1, 0.15) is 23.2 Å². The first kappa shape index (κ1) is 22.3. The Morgan fingerprint density at radius 3 is 2.56 bits per heavy atom. The summed E-state index contributed by atoms with van der Waals surface area (Å²) in [6, 6.07) is 9.28. The molecule has 2 aliphatic heterocycles. The predicted molar refractivity (Wildman–Crippen MR) is 119 cm³/mol. The van der Waals surface area contributed by atoms with E-state index in [0.29, 0.717) is 27.1 Å². The van der Waals surface area contributed by atoms with Crippen LogP contribution in [-0.2, 0) is 19.4 Å². The molecule has 1 aromatic carbocycles. The smallest absolute Gasteiger partial charge is 0.271 e. The fourth-order valence-electron chi connectivity index (χ4n) is 3.82. The molecular weight excluding hydrogens is 475 g/mol. The SMILES string of the molecule is CC1=C(C#N)C(=O)N([C@@H]2CCS(=O)(=O)C2)C(=O)/C1=C/c1ccc(-c2ccc(Cl)cc2Cl)o1. The number of imide groups is 1. The maximum atomic E-state index is 13.2. The summed E-state index contributed by atoms with van der Waals surface area (Å²) in [4.78, 5) is 26.9. The molecule has 1 saturated heterocycles. The third-order valence-electron chi connectivity index (χ3n) is 5.46. The van der Waals surface area contributed by atoms with E-state index in [1.165, 1.54) is 13.0 Å². The van der Waals surface area contributed by atoms with Crippen molar-refractivity contribution in [2.24, 2.45) is 0 Å². The second-order valence-electron chi connectivity index (χ2n) is 7.53. The second kappa shape index (κ2) is 8.24. The van der Waals surface area contributed by atoms with Crippen LogP contribution in [0.2, 0.25) is 10.0 Å². The molecule has 1 atom stereocenters. The zero-order valence-corrected chi connectivity index (χ0v) is 19.1. The van der Waals surface area contributed by atoms with Crippen molar-refractivity contribution in [3.8, 4) is 17.4 Å². The molecule has 4 rings (SSSR count). The lowest BCUT2D eigenvalue weighted by molar-refractivity contribution is -0.142. The average Bonchev–Trinajstić information content (AvgIpc) is 3.32. The van der Waals surface area contributed by atoms with Gasteiger partial charge in [-0.15, -0.1) is 0 Å². The third kappa shape index (κ3) is 3.99. The van der Waals surface area contributed by atoms with Gasteiger partial charge in [-0.2, -0.15) is 5.26 Å². The van der Waals surface area contributed by atoms with E-state index in [-0.39, 0.29) is 34.6 Å². The highest BCUT2D eigenvalue weighted by atomic mass is 35.5. The monoisotopic (exact) mass is 490 g/mol. The Morgan fingerprint density at radius 1 is 1.19 bits per heavy atom. The van der Waals surface area contributed by atoms with Gasteiger partial charge in [0.2, 0.25) is 0 Å². The van der Waals surface area contributed by atoms with Gasteiger partial charge in [-0.25, -0.2) is 8.42 Å². The number of hydrogen-bond donors (Lipinski definition) is 0. The maximum absolute atomic E-state index is 13.2. The molecule has 32 heavy (non-hydrogen) atoms. The second-order valence-corrected chi connectivity index (χ2v) is 10.6. The van der Waals surface area contributed by atoms with Crippen LogP contribution in [0.15, 0.2) is 51.5 Å². The van der Waals surface area contributed by atoms with Crippen LogP contribution < -0.4 is 0 Å². The molecule has 2 aliphatic rings. The van der Waals surface area contributed by atoms with Gasteiger partial charge in [0.25, 0.3) is 11.8 Å². The predicted octanol–water partition coefficient (Wildman–Crippen LogP) is 4.03. The van der Waals surface area contributed by atoms with Crippen LogP contribution in [0.1, 0.15) is 19.1 Å². The number of nitriles is 1. The molecule has 2 aromatic rings. The molecular formula is C22H16Cl2N2O5S. The zero-order valence-electron chi connectivity index (χ0n) is 16.8. The number of carbonyl (C=O) groups excluding carboxylic acids is 2. The Labute approximate surface area is 194 Å². The lowest BCUT2D eigenvalue weighted by Gasteiger charge is -2.31. The lowest BCUT2D eigenvalue weighted by atomic mass is 9.93. The highest BCUT2D eigenvalue weighted by molar-refractivity contribution is 7.91. The molecule has 0 bridgehead atoms. The summed E-state index contributed by atoms with van der Waals surface area (Å²) in [5.41, 5.74) is 0.705. The normalized spacial score (nSPS) is 22.0. The average molecular weight is 491 g/mol. The van der Waals surface area contributed by atoms with E-state index in [4.69, 9.17) is 27.6 Å². The standard InChI is InChI=1S/C22H16Cl2N2O5S/c1-12-17(9-15-3-5-20(31-15)16-4-2-13(23)8-19(16)24)21(27)26(22(28)18(12)10-25)14-6-7-32(29,30)11-14/h2-5,8-9,14H,6-7,11H2,1H3/b17-9+/t14-/m1/s1. The first-order valence-corrected chi connectivity index (χ1v) is 12.2. The largest absolute Gasteiger partial charge is 0.457 e. The molecule has 1 aromatic heterocycles. The maximum Gasteiger partial charge on any atom is 0.271 e. The highest BCUT2D eigenvalue weighted by Crippen LogP contribution is 2.34. The van der Waals surface area contributed by atoms with Gasteiger partial charge in [-0.3, -0.25) is 14.5 Å². The molecule has 0 saturated carbocycles. The van der Waals surface area contributed by atoms with Gasteiger partial charge < -0.3 is 4.42 Å². The minimum Gasteiger partial charge on any atom is -0.457 e. The van der Waals surface area contributed by atoms with E-state index >= 15 is 0 Å². The van der Waals surface area contributed by atoms with E-state index < -0.39 is 27.7 Å². The van der Waals surface area contributed by atoms with Crippen LogP contribution in [0.3, 0.4) is 0 Å². The Bertz CT molecular complexity index is 1360. The summed E-state index contributed by atoms with van der Waals surface area (Å²) < 4.78 is 29.6. The third-order valence-corrected chi connectivity index (χ3v) is 7.75. The number of carbonyl (C=O) groups is 2. The van der Waals surface area contributed by atoms with Crippen molar-refractivity contribution in [1.29, 1.82) is 5.26 Å². The Balaban J connectivity index is 1.74. The molecule has 1 fully saturated rings. The van der Waals surface area contributed by atoms with E-state index in [9.17, 15) is 23.3 Å². The Hall–Kier alpha value is -2.86. The summed E-state index contributed by atoms with van der Waals surface area (Å²) in [6.45, 7) is 1.50. The molecule has 0 N–H and O–H groups in total.